The maximum atomic E-state index is 12.0. The van der Waals surface area contributed by atoms with Crippen molar-refractivity contribution in [3.8, 4) is 0 Å². The summed E-state index contributed by atoms with van der Waals surface area (Å²) in [5, 5.41) is 0. The monoisotopic (exact) mass is 448 g/mol. The minimum atomic E-state index is -0.212. The Kier molecular flexibility index (Phi) is 11.6. The lowest BCUT2D eigenvalue weighted by atomic mass is 9.60. The van der Waals surface area contributed by atoms with Crippen molar-refractivity contribution >= 4 is 12.3 Å². The summed E-state index contributed by atoms with van der Waals surface area (Å²) in [4.78, 5) is 25.4. The molecule has 3 fully saturated rings. The zero-order chi connectivity index (χ0) is 23.6. The molecule has 0 aromatic carbocycles. The van der Waals surface area contributed by atoms with E-state index in [1.54, 1.807) is 0 Å². The van der Waals surface area contributed by atoms with E-state index in [-0.39, 0.29) is 11.3 Å². The summed E-state index contributed by atoms with van der Waals surface area (Å²) < 4.78 is 0. The molecule has 0 saturated heterocycles. The smallest absolute Gasteiger partial charge is 0.223 e. The zero-order valence-corrected chi connectivity index (χ0v) is 21.6. The SMILES string of the molecule is CC(C)CC1CCCCC1(CC(C)C)C(N)=O.O=CN(C1CCCCC1)C1CCCCC1. The van der Waals surface area contributed by atoms with E-state index in [2.05, 4.69) is 32.6 Å². The van der Waals surface area contributed by atoms with E-state index in [0.717, 1.165) is 25.7 Å². The Morgan fingerprint density at radius 3 is 1.75 bits per heavy atom. The van der Waals surface area contributed by atoms with Gasteiger partial charge in [0.1, 0.15) is 0 Å². The summed E-state index contributed by atoms with van der Waals surface area (Å²) in [5.74, 6) is 1.67. The molecule has 3 rings (SSSR count). The molecular weight excluding hydrogens is 396 g/mol. The predicted octanol–water partition coefficient (Wildman–Crippen LogP) is 6.85. The van der Waals surface area contributed by atoms with Gasteiger partial charge in [-0.3, -0.25) is 9.59 Å². The fourth-order valence-electron chi connectivity index (χ4n) is 6.87. The Hall–Kier alpha value is -1.06. The standard InChI is InChI=1S/C15H29NO.C13H23NO/c1-11(2)9-13-7-5-6-8-15(13,14(16)17)10-12(3)4;15-11-14(12-7-3-1-4-8-12)13-9-5-2-6-10-13/h11-13H,5-10H2,1-4H3,(H2,16,17);11-13H,1-10H2. The van der Waals surface area contributed by atoms with Crippen LogP contribution in [0.15, 0.2) is 0 Å². The minimum Gasteiger partial charge on any atom is -0.369 e. The second-order valence-electron chi connectivity index (χ2n) is 11.8. The average molecular weight is 449 g/mol. The van der Waals surface area contributed by atoms with Gasteiger partial charge in [0.2, 0.25) is 12.3 Å². The molecule has 3 aliphatic carbocycles. The van der Waals surface area contributed by atoms with Crippen molar-refractivity contribution in [1.82, 2.24) is 4.90 Å². The first-order valence-corrected chi connectivity index (χ1v) is 13.8. The van der Waals surface area contributed by atoms with Crippen molar-refractivity contribution in [3.63, 3.8) is 0 Å². The third kappa shape index (κ3) is 7.76. The van der Waals surface area contributed by atoms with Crippen molar-refractivity contribution in [2.24, 2.45) is 28.9 Å². The first-order valence-electron chi connectivity index (χ1n) is 13.8. The number of nitrogens with two attached hydrogens (primary N) is 1. The van der Waals surface area contributed by atoms with Gasteiger partial charge in [-0.1, -0.05) is 79.1 Å². The Bertz CT molecular complexity index is 532. The van der Waals surface area contributed by atoms with Crippen LogP contribution in [0.5, 0.6) is 0 Å². The van der Waals surface area contributed by atoms with Crippen molar-refractivity contribution < 1.29 is 9.59 Å². The lowest BCUT2D eigenvalue weighted by Gasteiger charge is -2.44. The van der Waals surface area contributed by atoms with Gasteiger partial charge in [0, 0.05) is 12.1 Å². The summed E-state index contributed by atoms with van der Waals surface area (Å²) in [6.07, 6.45) is 20.9. The molecule has 0 aromatic heterocycles. The molecule has 0 bridgehead atoms. The quantitative estimate of drug-likeness (QED) is 0.413. The molecule has 3 aliphatic rings. The zero-order valence-electron chi connectivity index (χ0n) is 21.6. The third-order valence-electron chi connectivity index (χ3n) is 8.34. The number of primary amides is 1. The topological polar surface area (TPSA) is 63.4 Å². The van der Waals surface area contributed by atoms with Crippen LogP contribution in [0.1, 0.15) is 130 Å². The van der Waals surface area contributed by atoms with Crippen LogP contribution in [0.4, 0.5) is 0 Å². The molecule has 0 aliphatic heterocycles. The maximum Gasteiger partial charge on any atom is 0.223 e. The van der Waals surface area contributed by atoms with Crippen molar-refractivity contribution in [3.05, 3.63) is 0 Å². The van der Waals surface area contributed by atoms with E-state index in [1.165, 1.54) is 83.5 Å². The first-order chi connectivity index (χ1) is 15.3. The molecule has 2 N–H and O–H groups in total. The molecule has 2 amide bonds. The highest BCUT2D eigenvalue weighted by molar-refractivity contribution is 5.81. The van der Waals surface area contributed by atoms with Crippen LogP contribution in [-0.4, -0.2) is 29.3 Å². The molecule has 4 nitrogen and oxygen atoms in total. The van der Waals surface area contributed by atoms with Gasteiger partial charge in [0.05, 0.1) is 5.41 Å². The van der Waals surface area contributed by atoms with Crippen LogP contribution in [0.25, 0.3) is 0 Å². The molecule has 2 unspecified atom stereocenters. The molecule has 4 heteroatoms. The molecular formula is C28H52N2O2. The van der Waals surface area contributed by atoms with Crippen LogP contribution in [0, 0.1) is 23.2 Å². The van der Waals surface area contributed by atoms with Crippen LogP contribution in [0.3, 0.4) is 0 Å². The summed E-state index contributed by atoms with van der Waals surface area (Å²) >= 11 is 0. The Morgan fingerprint density at radius 2 is 1.34 bits per heavy atom. The second-order valence-corrected chi connectivity index (χ2v) is 11.8. The molecule has 32 heavy (non-hydrogen) atoms. The van der Waals surface area contributed by atoms with Crippen molar-refractivity contribution in [2.45, 2.75) is 143 Å². The Balaban J connectivity index is 0.000000228. The van der Waals surface area contributed by atoms with Gasteiger partial charge in [0.25, 0.3) is 0 Å². The highest BCUT2D eigenvalue weighted by Crippen LogP contribution is 2.48. The molecule has 0 heterocycles. The fraction of sp³-hybridized carbons (Fsp3) is 0.929. The number of carbonyl (C=O) groups is 2. The van der Waals surface area contributed by atoms with Gasteiger partial charge in [-0.15, -0.1) is 0 Å². The summed E-state index contributed by atoms with van der Waals surface area (Å²) in [6, 6.07) is 1.14. The maximum absolute atomic E-state index is 12.0. The van der Waals surface area contributed by atoms with E-state index in [4.69, 9.17) is 5.73 Å². The lowest BCUT2D eigenvalue weighted by molar-refractivity contribution is -0.135. The lowest BCUT2D eigenvalue weighted by Crippen LogP contribution is -2.46. The average Bonchev–Trinajstić information content (AvgIpc) is 2.77. The van der Waals surface area contributed by atoms with Crippen LogP contribution < -0.4 is 5.73 Å². The number of nitrogens with zero attached hydrogens (tertiary/aromatic N) is 1. The third-order valence-corrected chi connectivity index (χ3v) is 8.34. The van der Waals surface area contributed by atoms with Gasteiger partial charge in [-0.2, -0.15) is 0 Å². The van der Waals surface area contributed by atoms with Gasteiger partial charge < -0.3 is 10.6 Å². The molecule has 3 saturated carbocycles. The Labute approximate surface area is 198 Å². The van der Waals surface area contributed by atoms with E-state index in [9.17, 15) is 9.59 Å². The molecule has 0 aromatic rings. The van der Waals surface area contributed by atoms with E-state index in [1.807, 2.05) is 0 Å². The minimum absolute atomic E-state index is 0.0449. The van der Waals surface area contributed by atoms with Crippen LogP contribution >= 0.6 is 0 Å². The van der Waals surface area contributed by atoms with Crippen molar-refractivity contribution in [1.29, 1.82) is 0 Å². The highest BCUT2D eigenvalue weighted by Gasteiger charge is 2.45. The number of carbonyl (C=O) groups excluding carboxylic acids is 2. The number of hydrogen-bond donors (Lipinski definition) is 1. The van der Waals surface area contributed by atoms with Crippen LogP contribution in [0.2, 0.25) is 0 Å². The molecule has 0 radical (unpaired) electrons. The molecule has 2 atom stereocenters. The van der Waals surface area contributed by atoms with Crippen molar-refractivity contribution in [2.75, 3.05) is 0 Å². The Morgan fingerprint density at radius 1 is 0.844 bits per heavy atom. The number of rotatable bonds is 8. The summed E-state index contributed by atoms with van der Waals surface area (Å²) in [5.41, 5.74) is 5.57. The molecule has 186 valence electrons. The van der Waals surface area contributed by atoms with E-state index in [0.29, 0.717) is 29.8 Å². The number of hydrogen-bond acceptors (Lipinski definition) is 2. The van der Waals surface area contributed by atoms with Gasteiger partial charge in [-0.25, -0.2) is 0 Å². The predicted molar refractivity (Wildman–Crippen MR) is 134 cm³/mol. The number of amides is 2. The normalized spacial score (nSPS) is 27.6. The van der Waals surface area contributed by atoms with Crippen LogP contribution in [-0.2, 0) is 9.59 Å². The summed E-state index contributed by atoms with van der Waals surface area (Å²) in [6.45, 7) is 8.89. The van der Waals surface area contributed by atoms with E-state index < -0.39 is 0 Å². The van der Waals surface area contributed by atoms with Gasteiger partial charge >= 0.3 is 0 Å². The summed E-state index contributed by atoms with van der Waals surface area (Å²) in [7, 11) is 0. The highest BCUT2D eigenvalue weighted by atomic mass is 16.1. The van der Waals surface area contributed by atoms with Gasteiger partial charge in [0.15, 0.2) is 0 Å². The van der Waals surface area contributed by atoms with Gasteiger partial charge in [-0.05, 0) is 69.1 Å². The van der Waals surface area contributed by atoms with E-state index >= 15 is 0 Å². The largest absolute Gasteiger partial charge is 0.369 e. The second kappa shape index (κ2) is 13.6. The molecule has 0 spiro atoms. The first kappa shape index (κ1) is 27.2. The fourth-order valence-corrected chi connectivity index (χ4v) is 6.87.